The average Bonchev–Trinajstić information content (AvgIpc) is 3.31. The lowest BCUT2D eigenvalue weighted by molar-refractivity contribution is -0.0258. The molecule has 0 spiro atoms. The number of rotatable bonds is 9. The summed E-state index contributed by atoms with van der Waals surface area (Å²) < 4.78 is 16.7. The van der Waals surface area contributed by atoms with Crippen LogP contribution in [-0.4, -0.2) is 49.1 Å². The number of aromatic hydroxyl groups is 1. The van der Waals surface area contributed by atoms with Gasteiger partial charge in [-0.3, -0.25) is 0 Å². The minimum atomic E-state index is -0.512. The van der Waals surface area contributed by atoms with Crippen molar-refractivity contribution >= 4 is 11.7 Å². The second-order valence-electron chi connectivity index (χ2n) is 13.1. The molecule has 0 saturated heterocycles. The number of likely N-dealkylation sites (N-methyl/N-ethyl adjacent to an activating group) is 1. The van der Waals surface area contributed by atoms with Gasteiger partial charge in [-0.25, -0.2) is 4.79 Å². The van der Waals surface area contributed by atoms with E-state index in [0.29, 0.717) is 41.4 Å². The highest BCUT2D eigenvalue weighted by molar-refractivity contribution is 5.91. The molecule has 234 valence electrons. The fourth-order valence-electron chi connectivity index (χ4n) is 8.27. The zero-order valence-corrected chi connectivity index (χ0v) is 26.3. The summed E-state index contributed by atoms with van der Waals surface area (Å²) in [6.07, 6.45) is 6.59. The van der Waals surface area contributed by atoms with Crippen LogP contribution in [-0.2, 0) is 6.42 Å². The van der Waals surface area contributed by atoms with Gasteiger partial charge in [0, 0.05) is 13.1 Å². The van der Waals surface area contributed by atoms with Crippen molar-refractivity contribution < 1.29 is 29.2 Å². The number of unbranched alkanes of at least 4 members (excludes halogenated alkanes) is 1. The number of fused-ring (bicyclic) bond motifs is 5. The summed E-state index contributed by atoms with van der Waals surface area (Å²) in [7, 11) is 3.66. The molecule has 6 atom stereocenters. The third-order valence-electron chi connectivity index (χ3n) is 10.8. The van der Waals surface area contributed by atoms with Crippen molar-refractivity contribution in [3.8, 4) is 23.0 Å². The van der Waals surface area contributed by atoms with Crippen LogP contribution in [0.1, 0.15) is 79.8 Å². The van der Waals surface area contributed by atoms with Gasteiger partial charge < -0.3 is 29.3 Å². The number of aliphatic hydroxyl groups excluding tert-OH is 1. The first kappa shape index (κ1) is 30.3. The molecule has 0 unspecified atom stereocenters. The third-order valence-corrected chi connectivity index (χ3v) is 10.8. The Bertz CT molecular complexity index is 1490. The molecule has 3 aliphatic rings. The second kappa shape index (κ2) is 12.4. The number of ether oxygens (including phenoxy) is 3. The number of aryl methyl sites for hydroxylation is 1. The maximum atomic E-state index is 12.8. The molecular formula is C37H45NO6. The number of hydrogen-bond donors (Lipinski definition) is 2. The summed E-state index contributed by atoms with van der Waals surface area (Å²) in [4.78, 5) is 14.8. The molecule has 0 aliphatic heterocycles. The molecule has 0 heterocycles. The zero-order chi connectivity index (χ0) is 31.0. The summed E-state index contributed by atoms with van der Waals surface area (Å²) in [5.74, 6) is 2.83. The molecule has 44 heavy (non-hydrogen) atoms. The highest BCUT2D eigenvalue weighted by atomic mass is 16.5. The van der Waals surface area contributed by atoms with Gasteiger partial charge >= 0.3 is 5.97 Å². The van der Waals surface area contributed by atoms with E-state index in [4.69, 9.17) is 14.2 Å². The molecule has 0 radical (unpaired) electrons. The van der Waals surface area contributed by atoms with Crippen molar-refractivity contribution in [1.29, 1.82) is 0 Å². The smallest absolute Gasteiger partial charge is 0.343 e. The van der Waals surface area contributed by atoms with E-state index in [9.17, 15) is 15.0 Å². The highest BCUT2D eigenvalue weighted by Crippen LogP contribution is 2.62. The number of nitrogens with zero attached hydrogens (tertiary/aromatic N) is 1. The normalized spacial score (nSPS) is 27.1. The number of methoxy groups -OCH3 is 1. The van der Waals surface area contributed by atoms with E-state index < -0.39 is 12.1 Å². The minimum absolute atomic E-state index is 0.0168. The maximum absolute atomic E-state index is 12.8. The molecule has 7 nitrogen and oxygen atoms in total. The van der Waals surface area contributed by atoms with Crippen LogP contribution in [0.3, 0.4) is 0 Å². The maximum Gasteiger partial charge on any atom is 0.343 e. The summed E-state index contributed by atoms with van der Waals surface area (Å²) >= 11 is 0. The molecule has 2 fully saturated rings. The van der Waals surface area contributed by atoms with Crippen LogP contribution in [0.15, 0.2) is 60.7 Å². The Balaban J connectivity index is 1.14. The molecule has 3 aromatic carbocycles. The predicted octanol–water partition coefficient (Wildman–Crippen LogP) is 7.13. The summed E-state index contributed by atoms with van der Waals surface area (Å²) in [6, 6.07) is 18.2. The number of benzene rings is 3. The number of anilines is 1. The first-order chi connectivity index (χ1) is 21.2. The molecule has 0 aromatic heterocycles. The van der Waals surface area contributed by atoms with Gasteiger partial charge in [-0.1, -0.05) is 26.3 Å². The number of carbonyl (C=O) groups is 1. The molecule has 0 bridgehead atoms. The number of hydrogen-bond acceptors (Lipinski definition) is 7. The Morgan fingerprint density at radius 1 is 1.02 bits per heavy atom. The largest absolute Gasteiger partial charge is 0.506 e. The van der Waals surface area contributed by atoms with Gasteiger partial charge in [0.2, 0.25) is 0 Å². The first-order valence-electron chi connectivity index (χ1n) is 16.1. The Labute approximate surface area is 260 Å². The number of phenolic OH excluding ortho intramolecular Hbond substituents is 1. The topological polar surface area (TPSA) is 88.5 Å². The number of phenols is 1. The lowest BCUT2D eigenvalue weighted by Crippen LogP contribution is -2.47. The van der Waals surface area contributed by atoms with Crippen molar-refractivity contribution in [1.82, 2.24) is 0 Å². The molecule has 6 rings (SSSR count). The van der Waals surface area contributed by atoms with Gasteiger partial charge in [0.25, 0.3) is 0 Å². The Kier molecular flexibility index (Phi) is 8.51. The standard InChI is InChI=1S/C37H45NO6/c1-5-6-19-43-25-10-7-23(8-11-25)36(41)44-27-13-16-32(34(39)21-27)38(3)33-22-31-30-14-9-24-20-26(42-4)12-15-28(24)29(30)17-18-37(31,2)35(33)40/h7-8,10-13,15-16,20-21,29-31,33,35,39-40H,5-6,9,14,17-19,22H2,1-4H3/t29-,30-,31+,33+,35-,37+/m1/s1. The van der Waals surface area contributed by atoms with Gasteiger partial charge in [-0.15, -0.1) is 0 Å². The molecule has 0 amide bonds. The molecule has 7 heteroatoms. The summed E-state index contributed by atoms with van der Waals surface area (Å²) in [5, 5.41) is 22.8. The predicted molar refractivity (Wildman–Crippen MR) is 171 cm³/mol. The fraction of sp³-hybridized carbons (Fsp3) is 0.486. The van der Waals surface area contributed by atoms with Crippen molar-refractivity contribution in [2.45, 2.75) is 76.9 Å². The van der Waals surface area contributed by atoms with Crippen LogP contribution in [0.2, 0.25) is 0 Å². The number of carbonyl (C=O) groups excluding carboxylic acids is 1. The number of esters is 1. The lowest BCUT2D eigenvalue weighted by atomic mass is 9.55. The van der Waals surface area contributed by atoms with Gasteiger partial charge in [0.05, 0.1) is 37.1 Å². The van der Waals surface area contributed by atoms with Gasteiger partial charge in [0.15, 0.2) is 0 Å². The van der Waals surface area contributed by atoms with E-state index in [1.54, 1.807) is 43.5 Å². The Morgan fingerprint density at radius 2 is 1.77 bits per heavy atom. The molecule has 2 N–H and O–H groups in total. The third kappa shape index (κ3) is 5.51. The quantitative estimate of drug-likeness (QED) is 0.154. The van der Waals surface area contributed by atoms with Crippen molar-refractivity contribution in [2.24, 2.45) is 17.3 Å². The first-order valence-corrected chi connectivity index (χ1v) is 16.1. The van der Waals surface area contributed by atoms with Crippen LogP contribution < -0.4 is 19.1 Å². The SMILES string of the molecule is CCCCOc1ccc(C(=O)Oc2ccc(N(C)[C@H]3C[C@H]4[C@@H]5CCc6cc(OC)ccc6[C@H]5CC[C@]4(C)[C@@H]3O)c(O)c2)cc1. The second-order valence-corrected chi connectivity index (χ2v) is 13.1. The Hall–Kier alpha value is -3.71. The van der Waals surface area contributed by atoms with Crippen LogP contribution in [0.25, 0.3) is 0 Å². The van der Waals surface area contributed by atoms with E-state index >= 15 is 0 Å². The van der Waals surface area contributed by atoms with E-state index in [1.165, 1.54) is 17.2 Å². The van der Waals surface area contributed by atoms with Crippen LogP contribution in [0.5, 0.6) is 23.0 Å². The molecule has 2 saturated carbocycles. The minimum Gasteiger partial charge on any atom is -0.506 e. The van der Waals surface area contributed by atoms with Gasteiger partial charge in [-0.2, -0.15) is 0 Å². The van der Waals surface area contributed by atoms with Crippen molar-refractivity contribution in [3.63, 3.8) is 0 Å². The van der Waals surface area contributed by atoms with Crippen molar-refractivity contribution in [2.75, 3.05) is 25.7 Å². The highest BCUT2D eigenvalue weighted by Gasteiger charge is 2.59. The van der Waals surface area contributed by atoms with Gasteiger partial charge in [-0.05, 0) is 121 Å². The summed E-state index contributed by atoms with van der Waals surface area (Å²) in [6.45, 7) is 5.02. The molecular weight excluding hydrogens is 554 g/mol. The molecule has 3 aliphatic carbocycles. The van der Waals surface area contributed by atoms with E-state index in [1.807, 2.05) is 11.9 Å². The lowest BCUT2D eigenvalue weighted by Gasteiger charge is -2.50. The number of aliphatic hydroxyl groups is 1. The van der Waals surface area contributed by atoms with E-state index in [-0.39, 0.29) is 23.0 Å². The van der Waals surface area contributed by atoms with Crippen molar-refractivity contribution in [3.05, 3.63) is 77.4 Å². The van der Waals surface area contributed by atoms with Gasteiger partial charge in [0.1, 0.15) is 23.0 Å². The Morgan fingerprint density at radius 3 is 2.50 bits per heavy atom. The van der Waals surface area contributed by atoms with Crippen LogP contribution in [0, 0.1) is 17.3 Å². The average molecular weight is 600 g/mol. The summed E-state index contributed by atoms with van der Waals surface area (Å²) in [5.41, 5.74) is 3.70. The van der Waals surface area contributed by atoms with Crippen LogP contribution in [0.4, 0.5) is 5.69 Å². The molecule has 3 aromatic rings. The van der Waals surface area contributed by atoms with E-state index in [2.05, 4.69) is 32.0 Å². The zero-order valence-electron chi connectivity index (χ0n) is 26.3. The van der Waals surface area contributed by atoms with E-state index in [0.717, 1.165) is 50.7 Å². The monoisotopic (exact) mass is 599 g/mol. The fourth-order valence-corrected chi connectivity index (χ4v) is 8.27. The van der Waals surface area contributed by atoms with Crippen LogP contribution >= 0.6 is 0 Å².